The molecule has 0 aromatic heterocycles. The molecule has 0 radical (unpaired) electrons. The second-order valence-corrected chi connectivity index (χ2v) is 5.70. The van der Waals surface area contributed by atoms with E-state index in [9.17, 15) is 9.18 Å². The van der Waals surface area contributed by atoms with Crippen molar-refractivity contribution in [3.05, 3.63) is 29.6 Å². The van der Waals surface area contributed by atoms with Crippen molar-refractivity contribution in [1.29, 1.82) is 0 Å². The number of methoxy groups -OCH3 is 1. The van der Waals surface area contributed by atoms with E-state index in [1.165, 1.54) is 13.2 Å². The number of benzene rings is 1. The maximum Gasteiger partial charge on any atom is 0.223 e. The summed E-state index contributed by atoms with van der Waals surface area (Å²) >= 11 is 0. The van der Waals surface area contributed by atoms with Crippen LogP contribution in [0.5, 0.6) is 5.75 Å². The molecule has 3 unspecified atom stereocenters. The van der Waals surface area contributed by atoms with E-state index in [4.69, 9.17) is 4.74 Å². The van der Waals surface area contributed by atoms with Crippen LogP contribution < -0.4 is 15.4 Å². The molecular weight excluding hydrogens is 271 g/mol. The van der Waals surface area contributed by atoms with Crippen molar-refractivity contribution in [2.45, 2.75) is 38.8 Å². The molecule has 0 spiro atoms. The standard InChI is InChI=1S/C16H23FN2O2/c1-10-8-13(6-7-18-10)16(20)19-11(2)12-4-5-15(21-3)14(17)9-12/h4-5,9-11,13,18H,6-8H2,1-3H3,(H,19,20). The van der Waals surface area contributed by atoms with E-state index in [1.54, 1.807) is 12.1 Å². The zero-order valence-corrected chi connectivity index (χ0v) is 12.8. The molecule has 1 aromatic rings. The Labute approximate surface area is 125 Å². The summed E-state index contributed by atoms with van der Waals surface area (Å²) in [6.45, 7) is 4.82. The molecule has 5 heteroatoms. The van der Waals surface area contributed by atoms with E-state index in [-0.39, 0.29) is 23.6 Å². The van der Waals surface area contributed by atoms with Gasteiger partial charge < -0.3 is 15.4 Å². The Kier molecular flexibility index (Phi) is 5.17. The normalized spacial score (nSPS) is 23.4. The minimum absolute atomic E-state index is 0.0341. The third-order valence-corrected chi connectivity index (χ3v) is 4.03. The minimum atomic E-state index is -0.411. The average molecular weight is 294 g/mol. The van der Waals surface area contributed by atoms with Gasteiger partial charge in [0, 0.05) is 12.0 Å². The van der Waals surface area contributed by atoms with Crippen LogP contribution in [0.25, 0.3) is 0 Å². The van der Waals surface area contributed by atoms with E-state index < -0.39 is 5.82 Å². The first-order valence-corrected chi connectivity index (χ1v) is 7.38. The Morgan fingerprint density at radius 1 is 1.52 bits per heavy atom. The van der Waals surface area contributed by atoms with Crippen molar-refractivity contribution in [3.63, 3.8) is 0 Å². The summed E-state index contributed by atoms with van der Waals surface area (Å²) in [6.07, 6.45) is 1.69. The first kappa shape index (κ1) is 15.8. The van der Waals surface area contributed by atoms with Gasteiger partial charge in [0.15, 0.2) is 11.6 Å². The number of hydrogen-bond donors (Lipinski definition) is 2. The summed E-state index contributed by atoms with van der Waals surface area (Å²) in [5, 5.41) is 6.31. The Morgan fingerprint density at radius 3 is 2.90 bits per heavy atom. The topological polar surface area (TPSA) is 50.4 Å². The highest BCUT2D eigenvalue weighted by molar-refractivity contribution is 5.79. The van der Waals surface area contributed by atoms with E-state index in [2.05, 4.69) is 17.6 Å². The molecule has 0 aliphatic carbocycles. The highest BCUT2D eigenvalue weighted by atomic mass is 19.1. The van der Waals surface area contributed by atoms with Gasteiger partial charge >= 0.3 is 0 Å². The molecule has 1 aliphatic rings. The SMILES string of the molecule is COc1ccc(C(C)NC(=O)C2CCNC(C)C2)cc1F. The Morgan fingerprint density at radius 2 is 2.29 bits per heavy atom. The van der Waals surface area contributed by atoms with E-state index in [1.807, 2.05) is 6.92 Å². The fourth-order valence-corrected chi connectivity index (χ4v) is 2.74. The first-order valence-electron chi connectivity index (χ1n) is 7.38. The molecule has 2 rings (SSSR count). The first-order chi connectivity index (χ1) is 10.0. The zero-order chi connectivity index (χ0) is 15.4. The van der Waals surface area contributed by atoms with E-state index >= 15 is 0 Å². The quantitative estimate of drug-likeness (QED) is 0.896. The van der Waals surface area contributed by atoms with Crippen molar-refractivity contribution in [2.24, 2.45) is 5.92 Å². The number of piperidine rings is 1. The van der Waals surface area contributed by atoms with Crippen molar-refractivity contribution >= 4 is 5.91 Å². The van der Waals surface area contributed by atoms with Crippen LogP contribution in [-0.2, 0) is 4.79 Å². The van der Waals surface area contributed by atoms with Gasteiger partial charge in [-0.3, -0.25) is 4.79 Å². The lowest BCUT2D eigenvalue weighted by Gasteiger charge is -2.28. The lowest BCUT2D eigenvalue weighted by atomic mass is 9.92. The van der Waals surface area contributed by atoms with Crippen LogP contribution >= 0.6 is 0 Å². The average Bonchev–Trinajstić information content (AvgIpc) is 2.47. The van der Waals surface area contributed by atoms with Crippen LogP contribution in [-0.4, -0.2) is 25.6 Å². The number of ether oxygens (including phenoxy) is 1. The minimum Gasteiger partial charge on any atom is -0.494 e. The molecule has 1 heterocycles. The molecule has 1 saturated heterocycles. The van der Waals surface area contributed by atoms with Crippen LogP contribution in [0.3, 0.4) is 0 Å². The molecular formula is C16H23FN2O2. The smallest absolute Gasteiger partial charge is 0.223 e. The Hall–Kier alpha value is -1.62. The van der Waals surface area contributed by atoms with E-state index in [0.29, 0.717) is 6.04 Å². The second-order valence-electron chi connectivity index (χ2n) is 5.70. The number of halogens is 1. The summed E-state index contributed by atoms with van der Waals surface area (Å²) < 4.78 is 18.6. The van der Waals surface area contributed by atoms with Gasteiger partial charge in [0.25, 0.3) is 0 Å². The predicted octanol–water partition coefficient (Wildman–Crippen LogP) is 2.40. The van der Waals surface area contributed by atoms with Crippen molar-refractivity contribution in [3.8, 4) is 5.75 Å². The van der Waals surface area contributed by atoms with E-state index in [0.717, 1.165) is 24.9 Å². The predicted molar refractivity (Wildman–Crippen MR) is 79.7 cm³/mol. The van der Waals surface area contributed by atoms with Crippen LogP contribution in [0, 0.1) is 11.7 Å². The monoisotopic (exact) mass is 294 g/mol. The zero-order valence-electron chi connectivity index (χ0n) is 12.8. The van der Waals surface area contributed by atoms with Crippen molar-refractivity contribution in [1.82, 2.24) is 10.6 Å². The molecule has 116 valence electrons. The van der Waals surface area contributed by atoms with Gasteiger partial charge in [-0.2, -0.15) is 0 Å². The lowest BCUT2D eigenvalue weighted by molar-refractivity contribution is -0.126. The molecule has 4 nitrogen and oxygen atoms in total. The van der Waals surface area contributed by atoms with Gasteiger partial charge in [0.1, 0.15) is 0 Å². The highest BCUT2D eigenvalue weighted by Gasteiger charge is 2.25. The summed E-state index contributed by atoms with van der Waals surface area (Å²) in [5.74, 6) is -0.116. The maximum absolute atomic E-state index is 13.7. The van der Waals surface area contributed by atoms with Crippen LogP contribution in [0.4, 0.5) is 4.39 Å². The Bertz CT molecular complexity index is 507. The maximum atomic E-state index is 13.7. The summed E-state index contributed by atoms with van der Waals surface area (Å²) in [7, 11) is 1.43. The molecule has 0 bridgehead atoms. The molecule has 1 fully saturated rings. The fraction of sp³-hybridized carbons (Fsp3) is 0.562. The summed E-state index contributed by atoms with van der Waals surface area (Å²) in [6, 6.07) is 4.92. The fourth-order valence-electron chi connectivity index (χ4n) is 2.74. The van der Waals surface area contributed by atoms with Gasteiger partial charge in [-0.1, -0.05) is 6.07 Å². The number of nitrogens with one attached hydrogen (secondary N) is 2. The van der Waals surface area contributed by atoms with Gasteiger partial charge in [-0.15, -0.1) is 0 Å². The van der Waals surface area contributed by atoms with Gasteiger partial charge in [0.2, 0.25) is 5.91 Å². The lowest BCUT2D eigenvalue weighted by Crippen LogP contribution is -2.42. The Balaban J connectivity index is 1.98. The van der Waals surface area contributed by atoms with Crippen LogP contribution in [0.2, 0.25) is 0 Å². The van der Waals surface area contributed by atoms with Crippen LogP contribution in [0.1, 0.15) is 38.3 Å². The largest absolute Gasteiger partial charge is 0.494 e. The van der Waals surface area contributed by atoms with Crippen molar-refractivity contribution < 1.29 is 13.9 Å². The number of carbonyl (C=O) groups is 1. The third kappa shape index (κ3) is 3.94. The molecule has 1 aliphatic heterocycles. The van der Waals surface area contributed by atoms with Gasteiger partial charge in [-0.25, -0.2) is 4.39 Å². The second kappa shape index (κ2) is 6.89. The molecule has 1 aromatic carbocycles. The molecule has 3 atom stereocenters. The molecule has 0 saturated carbocycles. The van der Waals surface area contributed by atoms with Crippen molar-refractivity contribution in [2.75, 3.05) is 13.7 Å². The summed E-state index contributed by atoms with van der Waals surface area (Å²) in [4.78, 5) is 12.3. The number of carbonyl (C=O) groups excluding carboxylic acids is 1. The van der Waals surface area contributed by atoms with Gasteiger partial charge in [-0.05, 0) is 50.9 Å². The highest BCUT2D eigenvalue weighted by Crippen LogP contribution is 2.23. The number of amides is 1. The summed E-state index contributed by atoms with van der Waals surface area (Å²) in [5.41, 5.74) is 0.739. The van der Waals surface area contributed by atoms with Gasteiger partial charge in [0.05, 0.1) is 13.2 Å². The molecule has 1 amide bonds. The third-order valence-electron chi connectivity index (χ3n) is 4.03. The number of rotatable bonds is 4. The molecule has 2 N–H and O–H groups in total. The molecule has 21 heavy (non-hydrogen) atoms. The van der Waals surface area contributed by atoms with Crippen LogP contribution in [0.15, 0.2) is 18.2 Å². The number of hydrogen-bond acceptors (Lipinski definition) is 3.